The summed E-state index contributed by atoms with van der Waals surface area (Å²) in [6.07, 6.45) is 0. The molecule has 228 valence electrons. The standard InChI is InChI=1S/C43H30N4O/c1-46-40-23-21-30(25-41(40)47(2)43(46)48)27-16-18-28(19-17-27)38-26-39(45-42(44-38)29-10-4-3-5-11-29)31-20-22-36-34-14-7-6-12-32(34)33-13-8-9-15-35(33)37(36)24-31/h3-26H,1-2H3. The summed E-state index contributed by atoms with van der Waals surface area (Å²) in [5, 5.41) is 7.44. The summed E-state index contributed by atoms with van der Waals surface area (Å²) in [4.78, 5) is 22.7. The number of rotatable bonds is 4. The van der Waals surface area contributed by atoms with Gasteiger partial charge in [0.15, 0.2) is 5.82 Å². The van der Waals surface area contributed by atoms with Crippen LogP contribution in [0, 0.1) is 0 Å². The topological polar surface area (TPSA) is 52.7 Å². The molecule has 2 aromatic heterocycles. The molecule has 5 nitrogen and oxygen atoms in total. The lowest BCUT2D eigenvalue weighted by atomic mass is 9.92. The predicted molar refractivity (Wildman–Crippen MR) is 198 cm³/mol. The number of nitrogens with zero attached hydrogens (tertiary/aromatic N) is 4. The van der Waals surface area contributed by atoms with Crippen molar-refractivity contribution < 1.29 is 0 Å². The molecule has 0 radical (unpaired) electrons. The summed E-state index contributed by atoms with van der Waals surface area (Å²) >= 11 is 0. The molecular formula is C43H30N4O. The molecular weight excluding hydrogens is 589 g/mol. The fourth-order valence-corrected chi connectivity index (χ4v) is 7.05. The lowest BCUT2D eigenvalue weighted by molar-refractivity contribution is 0.795. The molecule has 0 aliphatic heterocycles. The first-order valence-electron chi connectivity index (χ1n) is 16.1. The monoisotopic (exact) mass is 618 g/mol. The Morgan fingerprint density at radius 2 is 0.896 bits per heavy atom. The van der Waals surface area contributed by atoms with Crippen LogP contribution in [0.15, 0.2) is 150 Å². The molecule has 0 unspecified atom stereocenters. The Kier molecular flexibility index (Phi) is 6.34. The third kappa shape index (κ3) is 4.43. The van der Waals surface area contributed by atoms with Crippen LogP contribution >= 0.6 is 0 Å². The van der Waals surface area contributed by atoms with Gasteiger partial charge in [-0.3, -0.25) is 9.13 Å². The highest BCUT2D eigenvalue weighted by Gasteiger charge is 2.14. The fourth-order valence-electron chi connectivity index (χ4n) is 7.05. The quantitative estimate of drug-likeness (QED) is 0.185. The Balaban J connectivity index is 1.19. The van der Waals surface area contributed by atoms with Crippen LogP contribution in [0.4, 0.5) is 0 Å². The molecule has 0 spiro atoms. The zero-order chi connectivity index (χ0) is 32.4. The van der Waals surface area contributed by atoms with Crippen molar-refractivity contribution in [2.75, 3.05) is 0 Å². The maximum absolute atomic E-state index is 12.5. The summed E-state index contributed by atoms with van der Waals surface area (Å²) < 4.78 is 3.37. The van der Waals surface area contributed by atoms with E-state index in [0.717, 1.165) is 50.2 Å². The molecule has 0 aliphatic rings. The van der Waals surface area contributed by atoms with Crippen LogP contribution in [0.25, 0.3) is 88.4 Å². The molecule has 0 atom stereocenters. The molecule has 0 saturated heterocycles. The Labute approximate surface area is 277 Å². The molecule has 2 heterocycles. The lowest BCUT2D eigenvalue weighted by Crippen LogP contribution is -2.19. The molecule has 0 fully saturated rings. The van der Waals surface area contributed by atoms with E-state index >= 15 is 0 Å². The van der Waals surface area contributed by atoms with E-state index in [1.165, 1.54) is 32.3 Å². The highest BCUT2D eigenvalue weighted by atomic mass is 16.1. The van der Waals surface area contributed by atoms with E-state index < -0.39 is 0 Å². The summed E-state index contributed by atoms with van der Waals surface area (Å²) in [5.41, 5.74) is 8.67. The van der Waals surface area contributed by atoms with E-state index in [9.17, 15) is 4.79 Å². The van der Waals surface area contributed by atoms with Gasteiger partial charge in [0.2, 0.25) is 0 Å². The van der Waals surface area contributed by atoms with Crippen molar-refractivity contribution in [3.05, 3.63) is 156 Å². The molecule has 7 aromatic carbocycles. The van der Waals surface area contributed by atoms with Gasteiger partial charge in [-0.05, 0) is 67.7 Å². The summed E-state index contributed by atoms with van der Waals surface area (Å²) in [6, 6.07) is 50.9. The van der Waals surface area contributed by atoms with Crippen LogP contribution in [0.1, 0.15) is 0 Å². The van der Waals surface area contributed by atoms with Crippen molar-refractivity contribution in [3.8, 4) is 45.0 Å². The highest BCUT2D eigenvalue weighted by Crippen LogP contribution is 2.38. The summed E-state index contributed by atoms with van der Waals surface area (Å²) in [7, 11) is 3.62. The van der Waals surface area contributed by atoms with Crippen molar-refractivity contribution in [2.24, 2.45) is 14.1 Å². The van der Waals surface area contributed by atoms with Crippen LogP contribution in [0.5, 0.6) is 0 Å². The number of aromatic nitrogens is 4. The number of imidazole rings is 1. The van der Waals surface area contributed by atoms with E-state index in [4.69, 9.17) is 9.97 Å². The first-order chi connectivity index (χ1) is 23.5. The number of hydrogen-bond donors (Lipinski definition) is 0. The van der Waals surface area contributed by atoms with Crippen molar-refractivity contribution in [3.63, 3.8) is 0 Å². The lowest BCUT2D eigenvalue weighted by Gasteiger charge is -2.13. The number of fused-ring (bicyclic) bond motifs is 7. The molecule has 0 amide bonds. The molecule has 0 bridgehead atoms. The largest absolute Gasteiger partial charge is 0.328 e. The Morgan fingerprint density at radius 3 is 1.56 bits per heavy atom. The predicted octanol–water partition coefficient (Wildman–Crippen LogP) is 9.79. The van der Waals surface area contributed by atoms with Crippen molar-refractivity contribution in [1.29, 1.82) is 0 Å². The van der Waals surface area contributed by atoms with Gasteiger partial charge in [-0.15, -0.1) is 0 Å². The van der Waals surface area contributed by atoms with Gasteiger partial charge < -0.3 is 0 Å². The van der Waals surface area contributed by atoms with Gasteiger partial charge in [0.25, 0.3) is 0 Å². The van der Waals surface area contributed by atoms with Crippen molar-refractivity contribution in [1.82, 2.24) is 19.1 Å². The average Bonchev–Trinajstić information content (AvgIpc) is 3.37. The third-order valence-corrected chi connectivity index (χ3v) is 9.58. The normalized spacial score (nSPS) is 11.6. The minimum absolute atomic E-state index is 0.0285. The number of hydrogen-bond acceptors (Lipinski definition) is 3. The minimum atomic E-state index is -0.0285. The second kappa shape index (κ2) is 10.9. The molecule has 5 heteroatoms. The molecule has 9 aromatic rings. The van der Waals surface area contributed by atoms with Gasteiger partial charge in [-0.2, -0.15) is 0 Å². The summed E-state index contributed by atoms with van der Waals surface area (Å²) in [6.45, 7) is 0. The van der Waals surface area contributed by atoms with E-state index in [0.29, 0.717) is 5.82 Å². The first kappa shape index (κ1) is 27.9. The van der Waals surface area contributed by atoms with Crippen LogP contribution in [-0.4, -0.2) is 19.1 Å². The fraction of sp³-hybridized carbons (Fsp3) is 0.0465. The SMILES string of the molecule is Cn1c(=O)n(C)c2cc(-c3ccc(-c4cc(-c5ccc6c7ccccc7c7ccccc7c6c5)nc(-c5ccccc5)n4)cc3)ccc21. The van der Waals surface area contributed by atoms with Gasteiger partial charge in [-0.25, -0.2) is 14.8 Å². The molecule has 9 rings (SSSR count). The van der Waals surface area contributed by atoms with Crippen LogP contribution < -0.4 is 5.69 Å². The average molecular weight is 619 g/mol. The zero-order valence-corrected chi connectivity index (χ0v) is 26.6. The van der Waals surface area contributed by atoms with E-state index in [1.54, 1.807) is 16.2 Å². The van der Waals surface area contributed by atoms with Gasteiger partial charge in [0.05, 0.1) is 22.4 Å². The third-order valence-electron chi connectivity index (χ3n) is 9.58. The van der Waals surface area contributed by atoms with Crippen LogP contribution in [0.3, 0.4) is 0 Å². The number of aryl methyl sites for hydroxylation is 2. The van der Waals surface area contributed by atoms with Crippen molar-refractivity contribution in [2.45, 2.75) is 0 Å². The molecule has 0 saturated carbocycles. The molecule has 48 heavy (non-hydrogen) atoms. The van der Waals surface area contributed by atoms with Crippen molar-refractivity contribution >= 4 is 43.4 Å². The number of benzene rings is 7. The Hall–Kier alpha value is -6.33. The van der Waals surface area contributed by atoms with Gasteiger partial charge in [0, 0.05) is 30.8 Å². The Bertz CT molecular complexity index is 2720. The molecule has 0 aliphatic carbocycles. The minimum Gasteiger partial charge on any atom is -0.295 e. The van der Waals surface area contributed by atoms with Gasteiger partial charge in [-0.1, -0.05) is 121 Å². The van der Waals surface area contributed by atoms with Gasteiger partial charge in [0.1, 0.15) is 0 Å². The van der Waals surface area contributed by atoms with E-state index in [2.05, 4.69) is 121 Å². The van der Waals surface area contributed by atoms with Gasteiger partial charge >= 0.3 is 5.69 Å². The van der Waals surface area contributed by atoms with Crippen LogP contribution in [-0.2, 0) is 14.1 Å². The van der Waals surface area contributed by atoms with E-state index in [1.807, 2.05) is 31.3 Å². The second-order valence-corrected chi connectivity index (χ2v) is 12.4. The van der Waals surface area contributed by atoms with Crippen LogP contribution in [0.2, 0.25) is 0 Å². The molecule has 0 N–H and O–H groups in total. The second-order valence-electron chi connectivity index (χ2n) is 12.4. The van der Waals surface area contributed by atoms with E-state index in [-0.39, 0.29) is 5.69 Å². The maximum atomic E-state index is 12.5. The highest BCUT2D eigenvalue weighted by molar-refractivity contribution is 6.25. The first-order valence-corrected chi connectivity index (χ1v) is 16.1. The maximum Gasteiger partial charge on any atom is 0.328 e. The smallest absolute Gasteiger partial charge is 0.295 e. The Morgan fingerprint density at radius 1 is 0.396 bits per heavy atom. The summed E-state index contributed by atoms with van der Waals surface area (Å²) in [5.74, 6) is 0.686. The zero-order valence-electron chi connectivity index (χ0n) is 26.6.